The maximum absolute atomic E-state index is 13.7. The number of aromatic nitrogens is 1. The van der Waals surface area contributed by atoms with E-state index in [-0.39, 0.29) is 11.7 Å². The molecule has 9 heteroatoms. The molecule has 1 aromatic heterocycles. The molecule has 0 radical (unpaired) electrons. The van der Waals surface area contributed by atoms with Crippen molar-refractivity contribution in [2.24, 2.45) is 4.99 Å². The number of nitrogens with zero attached hydrogens (tertiary/aromatic N) is 2. The van der Waals surface area contributed by atoms with E-state index in [1.807, 2.05) is 30.3 Å². The Morgan fingerprint density at radius 3 is 2.68 bits per heavy atom. The second-order valence-electron chi connectivity index (χ2n) is 7.94. The van der Waals surface area contributed by atoms with Crippen molar-refractivity contribution in [3.05, 3.63) is 94.0 Å². The number of ether oxygens (including phenoxy) is 2. The van der Waals surface area contributed by atoms with E-state index in [4.69, 9.17) is 21.1 Å². The Balaban J connectivity index is 1.99. The number of thiazole rings is 1. The lowest BCUT2D eigenvalue weighted by atomic mass is 9.96. The van der Waals surface area contributed by atoms with Crippen LogP contribution in [0.25, 0.3) is 6.08 Å². The SMILES string of the molecule is COc1ccc(Br)cc1C=c1sc2n(c1=O)C(c1ccccc1Cl)C(C(=O)OC(C)C)=C(C)N=2. The minimum absolute atomic E-state index is 0.280. The predicted molar refractivity (Wildman–Crippen MR) is 137 cm³/mol. The summed E-state index contributed by atoms with van der Waals surface area (Å²) in [7, 11) is 1.58. The van der Waals surface area contributed by atoms with Crippen LogP contribution in [0.3, 0.4) is 0 Å². The Kier molecular flexibility index (Phi) is 7.12. The van der Waals surface area contributed by atoms with Gasteiger partial charge in [-0.15, -0.1) is 0 Å². The molecule has 0 saturated carbocycles. The highest BCUT2D eigenvalue weighted by atomic mass is 79.9. The number of carbonyl (C=O) groups excluding carboxylic acids is 1. The summed E-state index contributed by atoms with van der Waals surface area (Å²) in [5.41, 5.74) is 1.87. The molecule has 2 aromatic carbocycles. The van der Waals surface area contributed by atoms with Crippen LogP contribution in [-0.4, -0.2) is 23.8 Å². The molecule has 0 saturated heterocycles. The Morgan fingerprint density at radius 1 is 1.26 bits per heavy atom. The molecular weight excluding hydrogens is 540 g/mol. The number of hydrogen-bond donors (Lipinski definition) is 0. The number of benzene rings is 2. The summed E-state index contributed by atoms with van der Waals surface area (Å²) in [6.07, 6.45) is 1.44. The molecule has 1 aliphatic rings. The quantitative estimate of drug-likeness (QED) is 0.427. The van der Waals surface area contributed by atoms with E-state index >= 15 is 0 Å². The first kappa shape index (κ1) is 24.4. The monoisotopic (exact) mass is 560 g/mol. The Labute approximate surface area is 213 Å². The average Bonchev–Trinajstić information content (AvgIpc) is 3.07. The minimum Gasteiger partial charge on any atom is -0.496 e. The lowest BCUT2D eigenvalue weighted by Gasteiger charge is -2.26. The van der Waals surface area contributed by atoms with E-state index in [0.717, 1.165) is 10.0 Å². The molecule has 34 heavy (non-hydrogen) atoms. The third kappa shape index (κ3) is 4.62. The molecule has 6 nitrogen and oxygen atoms in total. The Hall–Kier alpha value is -2.68. The highest BCUT2D eigenvalue weighted by Crippen LogP contribution is 2.34. The fourth-order valence-electron chi connectivity index (χ4n) is 3.81. The lowest BCUT2D eigenvalue weighted by molar-refractivity contribution is -0.143. The molecule has 3 aromatic rings. The van der Waals surface area contributed by atoms with E-state index in [0.29, 0.717) is 36.9 Å². The van der Waals surface area contributed by atoms with Crippen LogP contribution >= 0.6 is 38.9 Å². The Bertz CT molecular complexity index is 1490. The van der Waals surface area contributed by atoms with Gasteiger partial charge in [-0.25, -0.2) is 9.79 Å². The number of rotatable bonds is 5. The van der Waals surface area contributed by atoms with Crippen LogP contribution in [0.1, 0.15) is 37.9 Å². The molecule has 0 fully saturated rings. The summed E-state index contributed by atoms with van der Waals surface area (Å²) >= 11 is 11.3. The van der Waals surface area contributed by atoms with E-state index < -0.39 is 12.0 Å². The van der Waals surface area contributed by atoms with Crippen LogP contribution in [0.15, 0.2) is 68.0 Å². The zero-order valence-corrected chi connectivity index (χ0v) is 22.1. The van der Waals surface area contributed by atoms with Crippen molar-refractivity contribution in [3.63, 3.8) is 0 Å². The molecule has 1 atom stereocenters. The highest BCUT2D eigenvalue weighted by molar-refractivity contribution is 9.10. The molecule has 0 spiro atoms. The zero-order chi connectivity index (χ0) is 24.6. The normalized spacial score (nSPS) is 15.9. The third-order valence-electron chi connectivity index (χ3n) is 5.26. The van der Waals surface area contributed by atoms with E-state index in [2.05, 4.69) is 20.9 Å². The van der Waals surface area contributed by atoms with Gasteiger partial charge < -0.3 is 9.47 Å². The minimum atomic E-state index is -0.761. The fraction of sp³-hybridized carbons (Fsp3) is 0.240. The van der Waals surface area contributed by atoms with Gasteiger partial charge in [0.1, 0.15) is 11.8 Å². The van der Waals surface area contributed by atoms with Gasteiger partial charge in [0.15, 0.2) is 4.80 Å². The van der Waals surface area contributed by atoms with Crippen molar-refractivity contribution in [3.8, 4) is 5.75 Å². The first-order chi connectivity index (χ1) is 16.2. The summed E-state index contributed by atoms with van der Waals surface area (Å²) in [4.78, 5) is 31.9. The third-order valence-corrected chi connectivity index (χ3v) is 7.08. The number of esters is 1. The van der Waals surface area contributed by atoms with Crippen LogP contribution < -0.4 is 19.6 Å². The molecule has 0 amide bonds. The van der Waals surface area contributed by atoms with Gasteiger partial charge in [0.25, 0.3) is 5.56 Å². The van der Waals surface area contributed by atoms with Crippen molar-refractivity contribution in [1.29, 1.82) is 0 Å². The molecule has 1 unspecified atom stereocenters. The van der Waals surface area contributed by atoms with Crippen LogP contribution in [-0.2, 0) is 9.53 Å². The zero-order valence-electron chi connectivity index (χ0n) is 19.0. The van der Waals surface area contributed by atoms with E-state index in [1.54, 1.807) is 46.1 Å². The molecule has 0 N–H and O–H groups in total. The maximum atomic E-state index is 13.7. The number of halogens is 2. The van der Waals surface area contributed by atoms with Gasteiger partial charge in [-0.05, 0) is 56.7 Å². The molecule has 4 rings (SSSR count). The van der Waals surface area contributed by atoms with Crippen LogP contribution in [0.4, 0.5) is 0 Å². The average molecular weight is 562 g/mol. The summed E-state index contributed by atoms with van der Waals surface area (Å²) in [6.45, 7) is 5.30. The molecule has 0 bridgehead atoms. The molecule has 1 aliphatic heterocycles. The topological polar surface area (TPSA) is 69.9 Å². The van der Waals surface area contributed by atoms with E-state index in [1.165, 1.54) is 15.9 Å². The largest absolute Gasteiger partial charge is 0.496 e. The molecule has 176 valence electrons. The van der Waals surface area contributed by atoms with Gasteiger partial charge >= 0.3 is 5.97 Å². The van der Waals surface area contributed by atoms with Gasteiger partial charge in [-0.2, -0.15) is 0 Å². The van der Waals surface area contributed by atoms with Crippen molar-refractivity contribution in [2.75, 3.05) is 7.11 Å². The van der Waals surface area contributed by atoms with Crippen molar-refractivity contribution >= 4 is 50.9 Å². The van der Waals surface area contributed by atoms with Gasteiger partial charge in [0.2, 0.25) is 0 Å². The number of carbonyl (C=O) groups is 1. The molecular formula is C25H22BrClN2O4S. The number of methoxy groups -OCH3 is 1. The van der Waals surface area contributed by atoms with Crippen molar-refractivity contribution < 1.29 is 14.3 Å². The lowest BCUT2D eigenvalue weighted by Crippen LogP contribution is -2.40. The summed E-state index contributed by atoms with van der Waals surface area (Å²) in [6, 6.07) is 12.0. The van der Waals surface area contributed by atoms with Gasteiger partial charge in [-0.1, -0.05) is 57.1 Å². The van der Waals surface area contributed by atoms with Crippen molar-refractivity contribution in [1.82, 2.24) is 4.57 Å². The van der Waals surface area contributed by atoms with Crippen molar-refractivity contribution in [2.45, 2.75) is 32.9 Å². The first-order valence-electron chi connectivity index (χ1n) is 10.5. The Morgan fingerprint density at radius 2 is 2.00 bits per heavy atom. The van der Waals surface area contributed by atoms with Crippen LogP contribution in [0.2, 0.25) is 5.02 Å². The van der Waals surface area contributed by atoms with Gasteiger partial charge in [0, 0.05) is 15.1 Å². The second-order valence-corrected chi connectivity index (χ2v) is 10.3. The number of allylic oxidation sites excluding steroid dienone is 1. The first-order valence-corrected chi connectivity index (χ1v) is 12.5. The fourth-order valence-corrected chi connectivity index (χ4v) is 5.47. The maximum Gasteiger partial charge on any atom is 0.338 e. The standard InChI is InChI=1S/C25H22BrClN2O4S/c1-13(2)33-24(31)21-14(3)28-25-29(22(21)17-7-5-6-8-18(17)27)23(30)20(34-25)12-15-11-16(26)9-10-19(15)32-4/h5-13,22H,1-4H3. The van der Waals surface area contributed by atoms with Crippen LogP contribution in [0, 0.1) is 0 Å². The van der Waals surface area contributed by atoms with Gasteiger partial charge in [0.05, 0.1) is 29.0 Å². The van der Waals surface area contributed by atoms with Gasteiger partial charge in [-0.3, -0.25) is 9.36 Å². The second kappa shape index (κ2) is 9.90. The number of hydrogen-bond acceptors (Lipinski definition) is 6. The predicted octanol–water partition coefficient (Wildman–Crippen LogP) is 4.61. The highest BCUT2D eigenvalue weighted by Gasteiger charge is 2.34. The number of fused-ring (bicyclic) bond motifs is 1. The molecule has 2 heterocycles. The van der Waals surface area contributed by atoms with Crippen LogP contribution in [0.5, 0.6) is 5.75 Å². The molecule has 0 aliphatic carbocycles. The summed E-state index contributed by atoms with van der Waals surface area (Å²) in [5.74, 6) is 0.109. The smallest absolute Gasteiger partial charge is 0.338 e. The van der Waals surface area contributed by atoms with E-state index in [9.17, 15) is 9.59 Å². The summed E-state index contributed by atoms with van der Waals surface area (Å²) in [5, 5.41) is 0.445. The summed E-state index contributed by atoms with van der Waals surface area (Å²) < 4.78 is 13.8.